The van der Waals surface area contributed by atoms with Crippen molar-refractivity contribution in [2.24, 2.45) is 0 Å². The van der Waals surface area contributed by atoms with Gasteiger partial charge in [-0.3, -0.25) is 4.79 Å². The van der Waals surface area contributed by atoms with Crippen molar-refractivity contribution in [3.63, 3.8) is 0 Å². The van der Waals surface area contributed by atoms with E-state index in [0.717, 1.165) is 11.3 Å². The normalized spacial score (nSPS) is 15.5. The Morgan fingerprint density at radius 2 is 1.59 bits per heavy atom. The minimum absolute atomic E-state index is 0.197. The summed E-state index contributed by atoms with van der Waals surface area (Å²) in [5.74, 6) is -1.40. The van der Waals surface area contributed by atoms with Crippen LogP contribution in [-0.2, 0) is 16.1 Å². The van der Waals surface area contributed by atoms with Gasteiger partial charge in [-0.25, -0.2) is 9.18 Å². The highest BCUT2D eigenvalue weighted by molar-refractivity contribution is 6.05. The van der Waals surface area contributed by atoms with Crippen molar-refractivity contribution in [1.82, 2.24) is 0 Å². The van der Waals surface area contributed by atoms with Gasteiger partial charge in [0.2, 0.25) is 6.10 Å². The van der Waals surface area contributed by atoms with Crippen molar-refractivity contribution in [3.8, 4) is 0 Å². The van der Waals surface area contributed by atoms with Gasteiger partial charge in [0.25, 0.3) is 5.91 Å². The molecule has 1 unspecified atom stereocenters. The van der Waals surface area contributed by atoms with Gasteiger partial charge < -0.3 is 9.64 Å². The molecule has 0 aromatic heterocycles. The summed E-state index contributed by atoms with van der Waals surface area (Å²) >= 11 is 0. The van der Waals surface area contributed by atoms with E-state index in [0.29, 0.717) is 12.1 Å². The van der Waals surface area contributed by atoms with Crippen LogP contribution < -0.4 is 4.90 Å². The van der Waals surface area contributed by atoms with Crippen molar-refractivity contribution in [2.45, 2.75) is 12.6 Å². The maximum Gasteiger partial charge on any atom is 0.339 e. The monoisotopic (exact) mass is 361 g/mol. The largest absolute Gasteiger partial charge is 0.444 e. The van der Waals surface area contributed by atoms with Gasteiger partial charge in [0, 0.05) is 5.56 Å². The number of nitrogens with zero attached hydrogens (tertiary/aromatic N) is 1. The average Bonchev–Trinajstić information content (AvgIpc) is 2.95. The molecule has 0 saturated heterocycles. The fourth-order valence-corrected chi connectivity index (χ4v) is 3.15. The molecular weight excluding hydrogens is 345 g/mol. The lowest BCUT2D eigenvalue weighted by atomic mass is 10.1. The quantitative estimate of drug-likeness (QED) is 0.652. The van der Waals surface area contributed by atoms with Crippen molar-refractivity contribution < 1.29 is 18.7 Å². The number of fused-ring (bicyclic) bond motifs is 1. The standard InChI is InChI=1S/C22H16FNO3/c23-17-12-10-16(11-13-17)22(26)27-20-18-8-4-5-9-19(18)24(21(20)25)14-15-6-2-1-3-7-15/h1-13,20H,14H2. The van der Waals surface area contributed by atoms with Gasteiger partial charge in [0.15, 0.2) is 0 Å². The minimum atomic E-state index is -1.01. The van der Waals surface area contributed by atoms with Crippen molar-refractivity contribution in [2.75, 3.05) is 4.90 Å². The molecule has 0 fully saturated rings. The van der Waals surface area contributed by atoms with E-state index < -0.39 is 17.9 Å². The molecule has 5 heteroatoms. The lowest BCUT2D eigenvalue weighted by Crippen LogP contribution is -2.30. The molecule has 27 heavy (non-hydrogen) atoms. The van der Waals surface area contributed by atoms with Crippen molar-refractivity contribution in [3.05, 3.63) is 101 Å². The van der Waals surface area contributed by atoms with Crippen LogP contribution in [0.1, 0.15) is 27.6 Å². The third-order valence-corrected chi connectivity index (χ3v) is 4.49. The zero-order valence-corrected chi connectivity index (χ0v) is 14.3. The Hall–Kier alpha value is -3.47. The number of para-hydroxylation sites is 1. The molecule has 1 heterocycles. The zero-order valence-electron chi connectivity index (χ0n) is 14.3. The molecule has 0 bridgehead atoms. The Bertz CT molecular complexity index is 986. The van der Waals surface area contributed by atoms with Crippen LogP contribution in [-0.4, -0.2) is 11.9 Å². The molecule has 3 aromatic carbocycles. The maximum absolute atomic E-state index is 13.1. The first kappa shape index (κ1) is 17.0. The summed E-state index contributed by atoms with van der Waals surface area (Å²) in [7, 11) is 0. The summed E-state index contributed by atoms with van der Waals surface area (Å²) in [6, 6.07) is 21.9. The fourth-order valence-electron chi connectivity index (χ4n) is 3.15. The minimum Gasteiger partial charge on any atom is -0.444 e. The van der Waals surface area contributed by atoms with E-state index in [9.17, 15) is 14.0 Å². The molecule has 1 aliphatic rings. The smallest absolute Gasteiger partial charge is 0.339 e. The molecule has 0 spiro atoms. The molecule has 0 saturated carbocycles. The van der Waals surface area contributed by atoms with Crippen molar-refractivity contribution in [1.29, 1.82) is 0 Å². The molecule has 4 rings (SSSR count). The van der Waals surface area contributed by atoms with E-state index in [-0.39, 0.29) is 11.5 Å². The second-order valence-electron chi connectivity index (χ2n) is 6.26. The lowest BCUT2D eigenvalue weighted by Gasteiger charge is -2.18. The van der Waals surface area contributed by atoms with Gasteiger partial charge in [-0.1, -0.05) is 48.5 Å². The summed E-state index contributed by atoms with van der Waals surface area (Å²) in [5.41, 5.74) is 2.55. The highest BCUT2D eigenvalue weighted by Gasteiger charge is 2.39. The van der Waals surface area contributed by atoms with Crippen LogP contribution in [0.15, 0.2) is 78.9 Å². The predicted molar refractivity (Wildman–Crippen MR) is 98.6 cm³/mol. The molecule has 0 radical (unpaired) electrons. The Morgan fingerprint density at radius 3 is 2.33 bits per heavy atom. The Morgan fingerprint density at radius 1 is 0.926 bits per heavy atom. The van der Waals surface area contributed by atoms with E-state index >= 15 is 0 Å². The van der Waals surface area contributed by atoms with Gasteiger partial charge in [0.1, 0.15) is 5.82 Å². The van der Waals surface area contributed by atoms with Gasteiger partial charge in [-0.2, -0.15) is 0 Å². The molecule has 1 atom stereocenters. The molecule has 3 aromatic rings. The molecule has 4 nitrogen and oxygen atoms in total. The lowest BCUT2D eigenvalue weighted by molar-refractivity contribution is -0.126. The Kier molecular flexibility index (Phi) is 4.42. The second-order valence-corrected chi connectivity index (χ2v) is 6.26. The number of amides is 1. The highest BCUT2D eigenvalue weighted by Crippen LogP contribution is 2.39. The van der Waals surface area contributed by atoms with Gasteiger partial charge in [-0.05, 0) is 35.9 Å². The van der Waals surface area contributed by atoms with E-state index in [2.05, 4.69) is 0 Å². The summed E-state index contributed by atoms with van der Waals surface area (Å²) in [6.45, 7) is 0.390. The first-order valence-electron chi connectivity index (χ1n) is 8.54. The second kappa shape index (κ2) is 7.03. The first-order valence-corrected chi connectivity index (χ1v) is 8.54. The van der Waals surface area contributed by atoms with Crippen LogP contribution in [0.3, 0.4) is 0 Å². The van der Waals surface area contributed by atoms with Crippen LogP contribution in [0.25, 0.3) is 0 Å². The van der Waals surface area contributed by atoms with E-state index in [4.69, 9.17) is 4.74 Å². The van der Waals surface area contributed by atoms with E-state index in [1.54, 1.807) is 17.0 Å². The molecule has 134 valence electrons. The Labute approximate surface area is 155 Å². The first-order chi connectivity index (χ1) is 13.1. The number of halogens is 1. The number of benzene rings is 3. The molecular formula is C22H16FNO3. The molecule has 1 amide bonds. The number of hydrogen-bond acceptors (Lipinski definition) is 3. The van der Waals surface area contributed by atoms with E-state index in [1.807, 2.05) is 42.5 Å². The molecule has 0 aliphatic carbocycles. The van der Waals surface area contributed by atoms with Crippen LogP contribution in [0.5, 0.6) is 0 Å². The number of rotatable bonds is 4. The van der Waals surface area contributed by atoms with Crippen LogP contribution in [0.4, 0.5) is 10.1 Å². The highest BCUT2D eigenvalue weighted by atomic mass is 19.1. The Balaban J connectivity index is 1.61. The number of anilines is 1. The van der Waals surface area contributed by atoms with E-state index in [1.165, 1.54) is 24.3 Å². The summed E-state index contributed by atoms with van der Waals surface area (Å²) in [4.78, 5) is 27.0. The summed E-state index contributed by atoms with van der Waals surface area (Å²) in [5, 5.41) is 0. The number of carbonyl (C=O) groups excluding carboxylic acids is 2. The topological polar surface area (TPSA) is 46.6 Å². The van der Waals surface area contributed by atoms with Gasteiger partial charge >= 0.3 is 5.97 Å². The number of ether oxygens (including phenoxy) is 1. The summed E-state index contributed by atoms with van der Waals surface area (Å²) < 4.78 is 18.6. The SMILES string of the molecule is O=C(OC1C(=O)N(Cc2ccccc2)c2ccccc21)c1ccc(F)cc1. The maximum atomic E-state index is 13.1. The molecule has 0 N–H and O–H groups in total. The summed E-state index contributed by atoms with van der Waals surface area (Å²) in [6.07, 6.45) is -1.01. The third-order valence-electron chi connectivity index (χ3n) is 4.49. The average molecular weight is 361 g/mol. The molecule has 1 aliphatic heterocycles. The number of carbonyl (C=O) groups is 2. The zero-order chi connectivity index (χ0) is 18.8. The van der Waals surface area contributed by atoms with Gasteiger partial charge in [0.05, 0.1) is 17.8 Å². The van der Waals surface area contributed by atoms with Crippen LogP contribution in [0.2, 0.25) is 0 Å². The van der Waals surface area contributed by atoms with Crippen molar-refractivity contribution >= 4 is 17.6 Å². The predicted octanol–water partition coefficient (Wildman–Crippen LogP) is 4.27. The number of hydrogen-bond donors (Lipinski definition) is 0. The number of esters is 1. The van der Waals surface area contributed by atoms with Crippen LogP contribution in [0, 0.1) is 5.82 Å². The van der Waals surface area contributed by atoms with Crippen LogP contribution >= 0.6 is 0 Å². The van der Waals surface area contributed by atoms with Gasteiger partial charge in [-0.15, -0.1) is 0 Å². The third kappa shape index (κ3) is 3.31. The fraction of sp³-hybridized carbons (Fsp3) is 0.0909.